The Labute approximate surface area is 213 Å². The highest BCUT2D eigenvalue weighted by molar-refractivity contribution is 6.36. The van der Waals surface area contributed by atoms with E-state index in [1.54, 1.807) is 54.6 Å². The molecule has 5 rings (SSSR count). The van der Waals surface area contributed by atoms with Gasteiger partial charge in [0.15, 0.2) is 5.58 Å². The van der Waals surface area contributed by atoms with Crippen molar-refractivity contribution in [2.75, 3.05) is 5.32 Å². The van der Waals surface area contributed by atoms with E-state index in [4.69, 9.17) is 43.6 Å². The Kier molecular flexibility index (Phi) is 6.34. The molecule has 0 saturated carbocycles. The van der Waals surface area contributed by atoms with E-state index < -0.39 is 5.82 Å². The highest BCUT2D eigenvalue weighted by atomic mass is 35.5. The van der Waals surface area contributed by atoms with E-state index in [-0.39, 0.29) is 16.8 Å². The highest BCUT2D eigenvalue weighted by Gasteiger charge is 2.13. The first-order valence-corrected chi connectivity index (χ1v) is 11.4. The molecule has 5 aromatic rings. The molecule has 0 aliphatic carbocycles. The lowest BCUT2D eigenvalue weighted by Crippen LogP contribution is -2.07. The number of fused-ring (bicyclic) bond motifs is 1. The standard InChI is InChI=1S/C26H14Cl3FN2O3/c27-14-1-6-18(20(28)11-14)23-9-4-17(34-23)5-10-25(33)31-16-3-8-24-22(13-16)32-26(35-24)19-7-2-15(30)12-21(19)29/h1-13H,(H,31,33)/b10-5+. The van der Waals surface area contributed by atoms with Crippen LogP contribution in [0.25, 0.3) is 40.0 Å². The first-order valence-electron chi connectivity index (χ1n) is 10.3. The number of hydrogen-bond donors (Lipinski definition) is 1. The predicted molar refractivity (Wildman–Crippen MR) is 136 cm³/mol. The van der Waals surface area contributed by atoms with Crippen LogP contribution >= 0.6 is 34.8 Å². The monoisotopic (exact) mass is 526 g/mol. The fraction of sp³-hybridized carbons (Fsp3) is 0. The molecule has 0 bridgehead atoms. The van der Waals surface area contributed by atoms with Gasteiger partial charge in [-0.3, -0.25) is 4.79 Å². The fourth-order valence-electron chi connectivity index (χ4n) is 3.40. The Morgan fingerprint density at radius 3 is 2.49 bits per heavy atom. The third-order valence-corrected chi connectivity index (χ3v) is 5.90. The fourth-order valence-corrected chi connectivity index (χ4v) is 4.15. The number of nitrogens with one attached hydrogen (secondary N) is 1. The number of furan rings is 1. The number of oxazole rings is 1. The van der Waals surface area contributed by atoms with E-state index in [1.807, 2.05) is 0 Å². The van der Waals surface area contributed by atoms with Crippen molar-refractivity contribution >= 4 is 63.6 Å². The molecule has 5 nitrogen and oxygen atoms in total. The molecule has 2 aromatic heterocycles. The van der Waals surface area contributed by atoms with Crippen molar-refractivity contribution in [1.29, 1.82) is 0 Å². The lowest BCUT2D eigenvalue weighted by atomic mass is 10.2. The SMILES string of the molecule is O=C(/C=C/c1ccc(-c2ccc(Cl)cc2Cl)o1)Nc1ccc2oc(-c3ccc(F)cc3Cl)nc2c1. The number of aromatic nitrogens is 1. The van der Waals surface area contributed by atoms with Crippen LogP contribution in [-0.4, -0.2) is 10.9 Å². The van der Waals surface area contributed by atoms with Crippen molar-refractivity contribution in [2.24, 2.45) is 0 Å². The van der Waals surface area contributed by atoms with Crippen LogP contribution in [0.4, 0.5) is 10.1 Å². The summed E-state index contributed by atoms with van der Waals surface area (Å²) in [4.78, 5) is 16.8. The van der Waals surface area contributed by atoms with Crippen LogP contribution in [0.2, 0.25) is 15.1 Å². The molecular weight excluding hydrogens is 514 g/mol. The number of hydrogen-bond acceptors (Lipinski definition) is 4. The smallest absolute Gasteiger partial charge is 0.248 e. The van der Waals surface area contributed by atoms with Gasteiger partial charge < -0.3 is 14.2 Å². The lowest BCUT2D eigenvalue weighted by Gasteiger charge is -2.01. The van der Waals surface area contributed by atoms with Gasteiger partial charge in [0, 0.05) is 22.3 Å². The van der Waals surface area contributed by atoms with Crippen LogP contribution in [0.3, 0.4) is 0 Å². The Morgan fingerprint density at radius 1 is 0.886 bits per heavy atom. The van der Waals surface area contributed by atoms with Crippen molar-refractivity contribution in [1.82, 2.24) is 4.98 Å². The van der Waals surface area contributed by atoms with Crippen molar-refractivity contribution < 1.29 is 18.0 Å². The third-order valence-electron chi connectivity index (χ3n) is 5.04. The zero-order valence-electron chi connectivity index (χ0n) is 17.7. The maximum atomic E-state index is 13.3. The Morgan fingerprint density at radius 2 is 1.69 bits per heavy atom. The summed E-state index contributed by atoms with van der Waals surface area (Å²) in [7, 11) is 0. The van der Waals surface area contributed by atoms with Crippen LogP contribution in [-0.2, 0) is 4.79 Å². The lowest BCUT2D eigenvalue weighted by molar-refractivity contribution is -0.111. The van der Waals surface area contributed by atoms with Gasteiger partial charge in [0.1, 0.15) is 22.9 Å². The normalized spacial score (nSPS) is 11.4. The van der Waals surface area contributed by atoms with E-state index in [2.05, 4.69) is 10.3 Å². The number of amides is 1. The maximum Gasteiger partial charge on any atom is 0.248 e. The summed E-state index contributed by atoms with van der Waals surface area (Å²) in [6, 6.07) is 17.6. The van der Waals surface area contributed by atoms with Crippen LogP contribution in [0.1, 0.15) is 5.76 Å². The largest absolute Gasteiger partial charge is 0.457 e. The number of anilines is 1. The van der Waals surface area contributed by atoms with Gasteiger partial charge in [-0.1, -0.05) is 34.8 Å². The second-order valence-electron chi connectivity index (χ2n) is 7.47. The number of halogens is 4. The molecule has 9 heteroatoms. The number of nitrogens with zero attached hydrogens (tertiary/aromatic N) is 1. The van der Waals surface area contributed by atoms with E-state index in [0.29, 0.717) is 49.5 Å². The summed E-state index contributed by atoms with van der Waals surface area (Å²) in [5.74, 6) is 0.474. The first-order chi connectivity index (χ1) is 16.9. The van der Waals surface area contributed by atoms with Gasteiger partial charge in [-0.25, -0.2) is 9.37 Å². The number of rotatable bonds is 5. The number of carbonyl (C=O) groups is 1. The van der Waals surface area contributed by atoms with Crippen LogP contribution in [0, 0.1) is 5.82 Å². The van der Waals surface area contributed by atoms with Crippen molar-refractivity contribution in [3.63, 3.8) is 0 Å². The predicted octanol–water partition coefficient (Wildman–Crippen LogP) is 8.51. The Hall–Kier alpha value is -3.58. The molecule has 0 atom stereocenters. The molecule has 2 heterocycles. The zero-order chi connectivity index (χ0) is 24.5. The van der Waals surface area contributed by atoms with Crippen molar-refractivity contribution in [3.8, 4) is 22.8 Å². The van der Waals surface area contributed by atoms with E-state index in [0.717, 1.165) is 0 Å². The van der Waals surface area contributed by atoms with Crippen LogP contribution < -0.4 is 5.32 Å². The van der Waals surface area contributed by atoms with E-state index in [9.17, 15) is 9.18 Å². The summed E-state index contributed by atoms with van der Waals surface area (Å²) in [6.45, 7) is 0. The van der Waals surface area contributed by atoms with Gasteiger partial charge in [-0.2, -0.15) is 0 Å². The molecule has 35 heavy (non-hydrogen) atoms. The molecule has 0 aliphatic rings. The third kappa shape index (κ3) is 5.10. The summed E-state index contributed by atoms with van der Waals surface area (Å²) in [5.41, 5.74) is 2.69. The quantitative estimate of drug-likeness (QED) is 0.233. The summed E-state index contributed by atoms with van der Waals surface area (Å²) >= 11 is 18.3. The molecule has 1 amide bonds. The van der Waals surface area contributed by atoms with Gasteiger partial charge in [0.25, 0.3) is 0 Å². The van der Waals surface area contributed by atoms with Crippen molar-refractivity contribution in [2.45, 2.75) is 0 Å². The molecule has 174 valence electrons. The van der Waals surface area contributed by atoms with E-state index >= 15 is 0 Å². The van der Waals surface area contributed by atoms with Gasteiger partial charge in [0.2, 0.25) is 11.8 Å². The zero-order valence-corrected chi connectivity index (χ0v) is 20.0. The molecule has 0 saturated heterocycles. The number of carbonyl (C=O) groups excluding carboxylic acids is 1. The van der Waals surface area contributed by atoms with E-state index in [1.165, 1.54) is 24.3 Å². The van der Waals surface area contributed by atoms with Crippen LogP contribution in [0.5, 0.6) is 0 Å². The highest BCUT2D eigenvalue weighted by Crippen LogP contribution is 2.33. The van der Waals surface area contributed by atoms with Gasteiger partial charge in [0.05, 0.1) is 15.6 Å². The molecular formula is C26H14Cl3FN2O3. The molecule has 1 N–H and O–H groups in total. The molecule has 0 radical (unpaired) electrons. The van der Waals surface area contributed by atoms with Crippen molar-refractivity contribution in [3.05, 3.63) is 99.5 Å². The summed E-state index contributed by atoms with van der Waals surface area (Å²) in [6.07, 6.45) is 2.90. The van der Waals surface area contributed by atoms with Crippen LogP contribution in [0.15, 0.2) is 81.6 Å². The minimum Gasteiger partial charge on any atom is -0.457 e. The second kappa shape index (κ2) is 9.58. The maximum absolute atomic E-state index is 13.3. The molecule has 0 unspecified atom stereocenters. The van der Waals surface area contributed by atoms with Gasteiger partial charge >= 0.3 is 0 Å². The average Bonchev–Trinajstić information content (AvgIpc) is 3.44. The van der Waals surface area contributed by atoms with Gasteiger partial charge in [-0.15, -0.1) is 0 Å². The second-order valence-corrected chi connectivity index (χ2v) is 8.73. The number of benzene rings is 3. The molecule has 0 spiro atoms. The first kappa shape index (κ1) is 23.2. The van der Waals surface area contributed by atoms with Gasteiger partial charge in [-0.05, 0) is 72.8 Å². The minimum atomic E-state index is -0.451. The summed E-state index contributed by atoms with van der Waals surface area (Å²) < 4.78 is 24.8. The summed E-state index contributed by atoms with van der Waals surface area (Å²) in [5, 5.41) is 3.95. The Balaban J connectivity index is 1.29. The molecule has 0 aliphatic heterocycles. The molecule has 3 aromatic carbocycles. The topological polar surface area (TPSA) is 68.3 Å². The minimum absolute atomic E-state index is 0.189. The average molecular weight is 528 g/mol. The molecule has 0 fully saturated rings. The Bertz CT molecular complexity index is 1610.